The van der Waals surface area contributed by atoms with Crippen molar-refractivity contribution in [3.63, 3.8) is 0 Å². The summed E-state index contributed by atoms with van der Waals surface area (Å²) in [5.74, 6) is 0.764. The molecule has 1 N–H and O–H groups in total. The molecule has 0 saturated carbocycles. The van der Waals surface area contributed by atoms with Gasteiger partial charge in [-0.05, 0) is 37.3 Å². The molecule has 2 unspecified atom stereocenters. The predicted octanol–water partition coefficient (Wildman–Crippen LogP) is 2.79. The van der Waals surface area contributed by atoms with E-state index in [9.17, 15) is 9.18 Å². The minimum absolute atomic E-state index is 0.128. The third-order valence-corrected chi connectivity index (χ3v) is 4.52. The Morgan fingerprint density at radius 3 is 2.60 bits per heavy atom. The highest BCUT2D eigenvalue weighted by Crippen LogP contribution is 2.32. The maximum atomic E-state index is 13.1. The van der Waals surface area contributed by atoms with Gasteiger partial charge in [0.15, 0.2) is 0 Å². The third kappa shape index (κ3) is 2.83. The Bertz CT molecular complexity index is 479. The van der Waals surface area contributed by atoms with Crippen molar-refractivity contribution in [3.8, 4) is 0 Å². The zero-order valence-corrected chi connectivity index (χ0v) is 13.0. The van der Waals surface area contributed by atoms with Crippen LogP contribution < -0.4 is 5.32 Å². The van der Waals surface area contributed by atoms with E-state index in [0.29, 0.717) is 6.54 Å². The molecule has 0 aromatic heterocycles. The van der Waals surface area contributed by atoms with Gasteiger partial charge < -0.3 is 4.90 Å². The predicted molar refractivity (Wildman–Crippen MR) is 81.1 cm³/mol. The molecular formula is C15H21FN2OS. The Balaban J connectivity index is 2.28. The molecule has 2 rings (SSSR count). The highest BCUT2D eigenvalue weighted by molar-refractivity contribution is 7.98. The van der Waals surface area contributed by atoms with E-state index in [2.05, 4.69) is 5.32 Å². The first-order valence-electron chi connectivity index (χ1n) is 6.85. The van der Waals surface area contributed by atoms with E-state index in [-0.39, 0.29) is 17.9 Å². The van der Waals surface area contributed by atoms with Crippen molar-refractivity contribution in [2.75, 3.05) is 18.6 Å². The lowest BCUT2D eigenvalue weighted by molar-refractivity contribution is -0.132. The molecule has 3 nitrogen and oxygen atoms in total. The van der Waals surface area contributed by atoms with Gasteiger partial charge in [0.25, 0.3) is 0 Å². The fourth-order valence-electron chi connectivity index (χ4n) is 2.46. The molecule has 1 aromatic carbocycles. The minimum atomic E-state index is -0.530. The lowest BCUT2D eigenvalue weighted by Crippen LogP contribution is -2.43. The first-order chi connectivity index (χ1) is 9.51. The molecule has 0 radical (unpaired) electrons. The van der Waals surface area contributed by atoms with E-state index in [1.54, 1.807) is 23.9 Å². The Hall–Kier alpha value is -1.07. The maximum Gasteiger partial charge on any atom is 0.244 e. The number of hydrogen-bond donors (Lipinski definition) is 1. The Morgan fingerprint density at radius 2 is 2.05 bits per heavy atom. The third-order valence-electron chi connectivity index (χ3n) is 3.93. The summed E-state index contributed by atoms with van der Waals surface area (Å²) in [6.45, 7) is 4.64. The van der Waals surface area contributed by atoms with Gasteiger partial charge in [-0.25, -0.2) is 4.39 Å². The number of nitrogens with one attached hydrogen (secondary N) is 1. The van der Waals surface area contributed by atoms with Gasteiger partial charge in [-0.1, -0.05) is 19.1 Å². The van der Waals surface area contributed by atoms with E-state index in [1.807, 2.05) is 25.0 Å². The highest BCUT2D eigenvalue weighted by atomic mass is 32.2. The number of halogens is 1. The lowest BCUT2D eigenvalue weighted by atomic mass is 9.99. The van der Waals surface area contributed by atoms with E-state index >= 15 is 0 Å². The lowest BCUT2D eigenvalue weighted by Gasteiger charge is -2.24. The van der Waals surface area contributed by atoms with Crippen LogP contribution in [0.25, 0.3) is 0 Å². The van der Waals surface area contributed by atoms with E-state index in [0.717, 1.165) is 17.7 Å². The van der Waals surface area contributed by atoms with Gasteiger partial charge in [-0.2, -0.15) is 11.8 Å². The molecule has 5 heteroatoms. The van der Waals surface area contributed by atoms with Gasteiger partial charge in [-0.15, -0.1) is 0 Å². The van der Waals surface area contributed by atoms with E-state index in [1.165, 1.54) is 12.1 Å². The van der Waals surface area contributed by atoms with Crippen LogP contribution in [0.5, 0.6) is 0 Å². The summed E-state index contributed by atoms with van der Waals surface area (Å²) in [5.41, 5.74) is 0.398. The van der Waals surface area contributed by atoms with Gasteiger partial charge in [0.05, 0.1) is 5.54 Å². The normalized spacial score (nSPS) is 26.3. The van der Waals surface area contributed by atoms with Gasteiger partial charge in [0, 0.05) is 12.3 Å². The van der Waals surface area contributed by atoms with Gasteiger partial charge in [0.2, 0.25) is 5.91 Å². The van der Waals surface area contributed by atoms with Crippen molar-refractivity contribution >= 4 is 17.7 Å². The number of amides is 1. The molecule has 2 atom stereocenters. The quantitative estimate of drug-likeness (QED) is 0.907. The average molecular weight is 296 g/mol. The first-order valence-corrected chi connectivity index (χ1v) is 8.24. The smallest absolute Gasteiger partial charge is 0.244 e. The monoisotopic (exact) mass is 296 g/mol. The maximum absolute atomic E-state index is 13.1. The zero-order chi connectivity index (χ0) is 14.8. The molecule has 0 aliphatic carbocycles. The fraction of sp³-hybridized carbons (Fsp3) is 0.533. The van der Waals surface area contributed by atoms with Crippen molar-refractivity contribution in [1.82, 2.24) is 10.2 Å². The van der Waals surface area contributed by atoms with Crippen LogP contribution in [0.2, 0.25) is 0 Å². The summed E-state index contributed by atoms with van der Waals surface area (Å²) in [6, 6.07) is 6.37. The Labute approximate surface area is 123 Å². The van der Waals surface area contributed by atoms with E-state index < -0.39 is 5.54 Å². The standard InChI is InChI=1S/C15H21FN2OS/c1-4-15(2)14(19)18(9-10-20-3)13(17-15)11-5-7-12(16)8-6-11/h5-8,13,17H,4,9-10H2,1-3H3. The molecule has 1 amide bonds. The second-order valence-corrected chi connectivity index (χ2v) is 6.26. The topological polar surface area (TPSA) is 32.3 Å². The molecule has 0 bridgehead atoms. The second-order valence-electron chi connectivity index (χ2n) is 5.28. The van der Waals surface area contributed by atoms with Gasteiger partial charge in [0.1, 0.15) is 12.0 Å². The number of thioether (sulfide) groups is 1. The number of carbonyl (C=O) groups is 1. The van der Waals surface area contributed by atoms with Crippen LogP contribution in [-0.4, -0.2) is 34.9 Å². The number of nitrogens with zero attached hydrogens (tertiary/aromatic N) is 1. The number of carbonyl (C=O) groups excluding carboxylic acids is 1. The minimum Gasteiger partial charge on any atom is -0.320 e. The summed E-state index contributed by atoms with van der Waals surface area (Å²) in [4.78, 5) is 14.5. The second kappa shape index (κ2) is 6.14. The number of benzene rings is 1. The molecule has 1 aliphatic heterocycles. The van der Waals surface area contributed by atoms with Crippen LogP contribution in [0, 0.1) is 5.82 Å². The number of hydrogen-bond acceptors (Lipinski definition) is 3. The number of rotatable bonds is 5. The van der Waals surface area contributed by atoms with Gasteiger partial charge in [-0.3, -0.25) is 10.1 Å². The average Bonchev–Trinajstić information content (AvgIpc) is 2.71. The van der Waals surface area contributed by atoms with Crippen LogP contribution in [-0.2, 0) is 4.79 Å². The van der Waals surface area contributed by atoms with Crippen molar-refractivity contribution in [2.24, 2.45) is 0 Å². The highest BCUT2D eigenvalue weighted by Gasteiger charge is 2.46. The van der Waals surface area contributed by atoms with Crippen molar-refractivity contribution in [2.45, 2.75) is 32.0 Å². The molecule has 1 fully saturated rings. The summed E-state index contributed by atoms with van der Waals surface area (Å²) in [5, 5.41) is 3.41. The molecule has 20 heavy (non-hydrogen) atoms. The Morgan fingerprint density at radius 1 is 1.40 bits per heavy atom. The van der Waals surface area contributed by atoms with Crippen LogP contribution in [0.3, 0.4) is 0 Å². The summed E-state index contributed by atoms with van der Waals surface area (Å²) >= 11 is 1.72. The summed E-state index contributed by atoms with van der Waals surface area (Å²) < 4.78 is 13.1. The SMILES string of the molecule is CCC1(C)NC(c2ccc(F)cc2)N(CCSC)C1=O. The molecule has 1 aliphatic rings. The molecule has 1 saturated heterocycles. The van der Waals surface area contributed by atoms with Crippen LogP contribution in [0.15, 0.2) is 24.3 Å². The molecule has 1 heterocycles. The van der Waals surface area contributed by atoms with Crippen molar-refractivity contribution in [3.05, 3.63) is 35.6 Å². The van der Waals surface area contributed by atoms with Crippen molar-refractivity contribution in [1.29, 1.82) is 0 Å². The largest absolute Gasteiger partial charge is 0.320 e. The van der Waals surface area contributed by atoms with Crippen LogP contribution in [0.1, 0.15) is 32.0 Å². The summed E-state index contributed by atoms with van der Waals surface area (Å²) in [7, 11) is 0. The molecule has 110 valence electrons. The van der Waals surface area contributed by atoms with E-state index in [4.69, 9.17) is 0 Å². The fourth-order valence-corrected chi connectivity index (χ4v) is 2.84. The van der Waals surface area contributed by atoms with Crippen molar-refractivity contribution < 1.29 is 9.18 Å². The first kappa shape index (κ1) is 15.3. The molecular weight excluding hydrogens is 275 g/mol. The summed E-state index contributed by atoms with van der Waals surface area (Å²) in [6.07, 6.45) is 2.60. The Kier molecular flexibility index (Phi) is 4.70. The molecule has 0 spiro atoms. The van der Waals surface area contributed by atoms with Gasteiger partial charge >= 0.3 is 0 Å². The zero-order valence-electron chi connectivity index (χ0n) is 12.1. The van der Waals surface area contributed by atoms with Crippen LogP contribution >= 0.6 is 11.8 Å². The molecule has 1 aromatic rings. The van der Waals surface area contributed by atoms with Crippen LogP contribution in [0.4, 0.5) is 4.39 Å².